The fourth-order valence-corrected chi connectivity index (χ4v) is 4.98. The number of nitrogens with zero attached hydrogens (tertiary/aromatic N) is 4. The molecule has 0 radical (unpaired) electrons. The van der Waals surface area contributed by atoms with Gasteiger partial charge in [0.25, 0.3) is 5.91 Å². The number of halogens is 2. The molecular weight excluding hydrogens is 600 g/mol. The van der Waals surface area contributed by atoms with Crippen LogP contribution in [-0.4, -0.2) is 106 Å². The molecule has 1 unspecified atom stereocenters. The van der Waals surface area contributed by atoms with Crippen molar-refractivity contribution in [1.82, 2.24) is 24.9 Å². The lowest BCUT2D eigenvalue weighted by Crippen LogP contribution is -2.56. The van der Waals surface area contributed by atoms with Gasteiger partial charge in [-0.05, 0) is 51.7 Å². The van der Waals surface area contributed by atoms with Crippen LogP contribution in [0.3, 0.4) is 0 Å². The largest absolute Gasteiger partial charge is 0.481 e. The highest BCUT2D eigenvalue weighted by Gasteiger charge is 2.49. The number of aromatic nitrogens is 2. The van der Waals surface area contributed by atoms with Crippen LogP contribution in [0.5, 0.6) is 5.88 Å². The van der Waals surface area contributed by atoms with Crippen LogP contribution < -0.4 is 10.1 Å². The molecule has 16 heteroatoms. The van der Waals surface area contributed by atoms with Crippen molar-refractivity contribution in [2.75, 3.05) is 39.4 Å². The van der Waals surface area contributed by atoms with Gasteiger partial charge in [0.05, 0.1) is 13.2 Å². The molecule has 3 amide bonds. The Morgan fingerprint density at radius 1 is 1.00 bits per heavy atom. The number of carbonyl (C=O) groups is 5. The van der Waals surface area contributed by atoms with Gasteiger partial charge in [-0.3, -0.25) is 14.4 Å². The average molecular weight is 636 g/mol. The van der Waals surface area contributed by atoms with Crippen molar-refractivity contribution in [2.24, 2.45) is 0 Å². The molecule has 1 aliphatic heterocycles. The number of rotatable bonds is 12. The predicted octanol–water partition coefficient (Wildman–Crippen LogP) is 2.28. The van der Waals surface area contributed by atoms with E-state index in [1.807, 2.05) is 0 Å². The molecule has 1 saturated carbocycles. The SMILES string of the molecule is CCOC(=O)N1CCN(C(=O)C(CCC(=O)O)NC(=O)c2cc(OC3(C(=O)OCC)CCC3)n(-c3ccc(F)cc3F)n2)CC1. The van der Waals surface area contributed by atoms with Crippen molar-refractivity contribution in [3.63, 3.8) is 0 Å². The lowest BCUT2D eigenvalue weighted by Gasteiger charge is -2.38. The molecule has 1 aliphatic carbocycles. The van der Waals surface area contributed by atoms with Crippen molar-refractivity contribution in [1.29, 1.82) is 0 Å². The second-order valence-electron chi connectivity index (χ2n) is 10.5. The molecule has 14 nitrogen and oxygen atoms in total. The maximum absolute atomic E-state index is 14.9. The first kappa shape index (κ1) is 33.1. The predicted molar refractivity (Wildman–Crippen MR) is 151 cm³/mol. The molecule has 1 aromatic carbocycles. The van der Waals surface area contributed by atoms with Crippen LogP contribution in [-0.2, 0) is 23.9 Å². The second kappa shape index (κ2) is 14.3. The highest BCUT2D eigenvalue weighted by Crippen LogP contribution is 2.39. The topological polar surface area (TPSA) is 170 Å². The summed E-state index contributed by atoms with van der Waals surface area (Å²) in [5, 5.41) is 15.9. The number of carboxylic acids is 1. The molecular formula is C29H35F2N5O9. The van der Waals surface area contributed by atoms with Crippen LogP contribution in [0.25, 0.3) is 5.69 Å². The fraction of sp³-hybridized carbons (Fsp3) is 0.517. The summed E-state index contributed by atoms with van der Waals surface area (Å²) in [6.07, 6.45) is 0.0237. The number of aliphatic carboxylic acids is 1. The molecule has 2 aromatic rings. The third kappa shape index (κ3) is 7.67. The van der Waals surface area contributed by atoms with Crippen molar-refractivity contribution in [3.8, 4) is 11.6 Å². The maximum atomic E-state index is 14.9. The molecule has 4 rings (SSSR count). The Bertz CT molecular complexity index is 1440. The summed E-state index contributed by atoms with van der Waals surface area (Å²) in [7, 11) is 0. The van der Waals surface area contributed by atoms with E-state index in [1.54, 1.807) is 13.8 Å². The highest BCUT2D eigenvalue weighted by molar-refractivity contribution is 5.96. The number of carbonyl (C=O) groups excluding carboxylic acids is 4. The second-order valence-corrected chi connectivity index (χ2v) is 10.5. The Kier molecular flexibility index (Phi) is 10.6. The summed E-state index contributed by atoms with van der Waals surface area (Å²) in [4.78, 5) is 65.8. The van der Waals surface area contributed by atoms with E-state index in [1.165, 1.54) is 9.80 Å². The molecule has 0 spiro atoms. The molecule has 2 heterocycles. The fourth-order valence-electron chi connectivity index (χ4n) is 4.98. The zero-order valence-electron chi connectivity index (χ0n) is 24.9. The summed E-state index contributed by atoms with van der Waals surface area (Å²) < 4.78 is 45.6. The molecule has 2 fully saturated rings. The van der Waals surface area contributed by atoms with Crippen molar-refractivity contribution in [2.45, 2.75) is 57.6 Å². The maximum Gasteiger partial charge on any atom is 0.409 e. The van der Waals surface area contributed by atoms with Gasteiger partial charge in [-0.15, -0.1) is 0 Å². The summed E-state index contributed by atoms with van der Waals surface area (Å²) in [6.45, 7) is 4.21. The van der Waals surface area contributed by atoms with E-state index in [9.17, 15) is 37.9 Å². The lowest BCUT2D eigenvalue weighted by molar-refractivity contribution is -0.170. The van der Waals surface area contributed by atoms with E-state index in [0.29, 0.717) is 25.3 Å². The lowest BCUT2D eigenvalue weighted by atomic mass is 9.80. The first-order valence-electron chi connectivity index (χ1n) is 14.6. The van der Waals surface area contributed by atoms with Gasteiger partial charge in [0.1, 0.15) is 17.5 Å². The van der Waals surface area contributed by atoms with Crippen LogP contribution in [0.2, 0.25) is 0 Å². The number of nitrogens with one attached hydrogen (secondary N) is 1. The number of ether oxygens (including phenoxy) is 3. The first-order valence-corrected chi connectivity index (χ1v) is 14.6. The molecule has 244 valence electrons. The van der Waals surface area contributed by atoms with E-state index < -0.39 is 59.5 Å². The zero-order valence-corrected chi connectivity index (χ0v) is 24.9. The number of piperazine rings is 1. The minimum Gasteiger partial charge on any atom is -0.481 e. The van der Waals surface area contributed by atoms with Crippen molar-refractivity contribution in [3.05, 3.63) is 41.6 Å². The van der Waals surface area contributed by atoms with Gasteiger partial charge in [0.15, 0.2) is 11.5 Å². The molecule has 1 saturated heterocycles. The first-order chi connectivity index (χ1) is 21.5. The van der Waals surface area contributed by atoms with Gasteiger partial charge in [0, 0.05) is 44.7 Å². The van der Waals surface area contributed by atoms with Crippen LogP contribution in [0.4, 0.5) is 13.6 Å². The Hall–Kier alpha value is -4.76. The minimum absolute atomic E-state index is 0.0904. The molecule has 45 heavy (non-hydrogen) atoms. The monoisotopic (exact) mass is 635 g/mol. The van der Waals surface area contributed by atoms with Crippen LogP contribution in [0.15, 0.2) is 24.3 Å². The Labute approximate surface area is 257 Å². The van der Waals surface area contributed by atoms with Gasteiger partial charge >= 0.3 is 18.0 Å². The van der Waals surface area contributed by atoms with Gasteiger partial charge < -0.3 is 34.4 Å². The Morgan fingerprint density at radius 2 is 1.67 bits per heavy atom. The van der Waals surface area contributed by atoms with Gasteiger partial charge in [-0.2, -0.15) is 9.78 Å². The Balaban J connectivity index is 1.59. The standard InChI is InChI=1S/C29H35F2N5O9/c1-3-43-27(41)29(10-5-11-29)45-23-17-21(33-36(23)22-8-6-18(30)16-19(22)31)25(39)32-20(7-9-24(37)38)26(40)34-12-14-35(15-13-34)28(42)44-4-2/h6,8,16-17,20H,3-5,7,9-15H2,1-2H3,(H,32,39)(H,37,38). The molecule has 1 atom stereocenters. The zero-order chi connectivity index (χ0) is 32.7. The number of hydrogen-bond donors (Lipinski definition) is 2. The van der Waals surface area contributed by atoms with E-state index in [0.717, 1.165) is 22.9 Å². The highest BCUT2D eigenvalue weighted by atomic mass is 19.1. The number of esters is 1. The molecule has 2 N–H and O–H groups in total. The number of hydrogen-bond acceptors (Lipinski definition) is 9. The summed E-state index contributed by atoms with van der Waals surface area (Å²) in [5.74, 6) is -5.39. The normalized spacial score (nSPS) is 16.3. The van der Waals surface area contributed by atoms with E-state index in [4.69, 9.17) is 14.2 Å². The Morgan fingerprint density at radius 3 is 2.24 bits per heavy atom. The molecule has 1 aromatic heterocycles. The summed E-state index contributed by atoms with van der Waals surface area (Å²) >= 11 is 0. The molecule has 0 bridgehead atoms. The summed E-state index contributed by atoms with van der Waals surface area (Å²) in [5.41, 5.74) is -2.02. The van der Waals surface area contributed by atoms with Crippen LogP contribution >= 0.6 is 0 Å². The van der Waals surface area contributed by atoms with Crippen LogP contribution in [0.1, 0.15) is 56.4 Å². The van der Waals surface area contributed by atoms with Gasteiger partial charge in [-0.25, -0.2) is 18.4 Å². The van der Waals surface area contributed by atoms with Crippen molar-refractivity contribution >= 4 is 29.8 Å². The number of benzene rings is 1. The smallest absolute Gasteiger partial charge is 0.409 e. The van der Waals surface area contributed by atoms with E-state index in [2.05, 4.69) is 10.4 Å². The number of carboxylic acid groups (broad SMARTS) is 1. The minimum atomic E-state index is -1.40. The third-order valence-electron chi connectivity index (χ3n) is 7.52. The quantitative estimate of drug-likeness (QED) is 0.330. The van der Waals surface area contributed by atoms with Crippen LogP contribution in [0, 0.1) is 11.6 Å². The van der Waals surface area contributed by atoms with Gasteiger partial charge in [0.2, 0.25) is 17.4 Å². The van der Waals surface area contributed by atoms with Crippen molar-refractivity contribution < 1.29 is 52.1 Å². The summed E-state index contributed by atoms with van der Waals surface area (Å²) in [6, 6.07) is 2.55. The van der Waals surface area contributed by atoms with Gasteiger partial charge in [-0.1, -0.05) is 0 Å². The van der Waals surface area contributed by atoms with E-state index >= 15 is 0 Å². The number of amides is 3. The van der Waals surface area contributed by atoms with E-state index in [-0.39, 0.29) is 63.1 Å². The third-order valence-corrected chi connectivity index (χ3v) is 7.52. The molecule has 2 aliphatic rings. The average Bonchev–Trinajstić information content (AvgIpc) is 3.40.